The average Bonchev–Trinajstić information content (AvgIpc) is 3.02. The summed E-state index contributed by atoms with van der Waals surface area (Å²) in [5.74, 6) is -2.58. The number of Topliss-reactive ketones (excluding diaryl/α,β-unsaturated/α-hetero) is 2. The Balaban J connectivity index is 1.46. The third kappa shape index (κ3) is 9.45. The van der Waals surface area contributed by atoms with Crippen LogP contribution in [0.25, 0.3) is 11.1 Å². The number of carbonyl (C=O) groups excluding carboxylic acids is 4. The molecule has 2 unspecified atom stereocenters. The molecule has 0 aliphatic carbocycles. The molecule has 0 aromatic heterocycles. The van der Waals surface area contributed by atoms with Crippen LogP contribution in [0.3, 0.4) is 0 Å². The van der Waals surface area contributed by atoms with Crippen molar-refractivity contribution in [2.24, 2.45) is 20.5 Å². The van der Waals surface area contributed by atoms with E-state index in [1.807, 2.05) is 0 Å². The van der Waals surface area contributed by atoms with Crippen LogP contribution in [0.5, 0.6) is 0 Å². The molecule has 0 fully saturated rings. The third-order valence-corrected chi connectivity index (χ3v) is 7.99. The molecule has 0 saturated heterocycles. The van der Waals surface area contributed by atoms with Crippen LogP contribution >= 0.6 is 23.2 Å². The Hall–Kier alpha value is -5.15. The Labute approximate surface area is 284 Å². The standard InChI is InChI=1S/C32H26Cl2N6O7S/c1-18(41)29(31(43)35-22-6-4-3-5-7-22)39-37-27-14-8-20(16-25(27)33)21-9-15-28(26(34)17-21)38-40-30(19(2)42)32(44)36-23-10-12-24(13-11-23)48(45,46)47/h3-17,29-30H,1-2H3,(H,35,43)(H,36,44)(H,45,46,47)/b39-37+,40-38+. The van der Waals surface area contributed by atoms with Crippen molar-refractivity contribution in [1.29, 1.82) is 0 Å². The van der Waals surface area contributed by atoms with Gasteiger partial charge in [0.05, 0.1) is 14.9 Å². The molecule has 13 nitrogen and oxygen atoms in total. The van der Waals surface area contributed by atoms with E-state index in [1.165, 1.54) is 25.1 Å². The number of para-hydroxylation sites is 1. The fraction of sp³-hybridized carbons (Fsp3) is 0.125. The van der Waals surface area contributed by atoms with Crippen molar-refractivity contribution in [3.63, 3.8) is 0 Å². The van der Waals surface area contributed by atoms with Crippen LogP contribution in [-0.2, 0) is 29.3 Å². The lowest BCUT2D eigenvalue weighted by molar-refractivity contribution is -0.127. The molecule has 2 atom stereocenters. The second kappa shape index (κ2) is 15.6. The minimum absolute atomic E-state index is 0.147. The van der Waals surface area contributed by atoms with E-state index < -0.39 is 45.6 Å². The molecule has 4 rings (SSSR count). The van der Waals surface area contributed by atoms with Crippen LogP contribution < -0.4 is 10.6 Å². The largest absolute Gasteiger partial charge is 0.324 e. The zero-order valence-corrected chi connectivity index (χ0v) is 27.5. The Morgan fingerprint density at radius 1 is 0.646 bits per heavy atom. The monoisotopic (exact) mass is 708 g/mol. The van der Waals surface area contributed by atoms with Gasteiger partial charge in [0.2, 0.25) is 12.1 Å². The third-order valence-electron chi connectivity index (χ3n) is 6.52. The van der Waals surface area contributed by atoms with E-state index in [-0.39, 0.29) is 32.0 Å². The van der Waals surface area contributed by atoms with Gasteiger partial charge in [-0.3, -0.25) is 23.7 Å². The Morgan fingerprint density at radius 2 is 1.06 bits per heavy atom. The fourth-order valence-electron chi connectivity index (χ4n) is 4.06. The topological polar surface area (TPSA) is 196 Å². The van der Waals surface area contributed by atoms with Gasteiger partial charge in [0.25, 0.3) is 21.9 Å². The maximum absolute atomic E-state index is 12.7. The second-order valence-corrected chi connectivity index (χ2v) is 12.4. The highest BCUT2D eigenvalue weighted by molar-refractivity contribution is 7.85. The number of ketones is 2. The lowest BCUT2D eigenvalue weighted by Crippen LogP contribution is -2.31. The van der Waals surface area contributed by atoms with Crippen LogP contribution in [0.15, 0.2) is 116 Å². The number of carbonyl (C=O) groups is 4. The highest BCUT2D eigenvalue weighted by atomic mass is 35.5. The summed E-state index contributed by atoms with van der Waals surface area (Å²) < 4.78 is 31.5. The Bertz CT molecular complexity index is 2040. The summed E-state index contributed by atoms with van der Waals surface area (Å²) in [5, 5.41) is 21.2. The molecule has 2 amide bonds. The number of nitrogens with one attached hydrogen (secondary N) is 2. The molecule has 4 aromatic rings. The molecular formula is C32H26Cl2N6O7S. The van der Waals surface area contributed by atoms with E-state index in [1.54, 1.807) is 60.7 Å². The molecule has 0 bridgehead atoms. The Morgan fingerprint density at radius 3 is 1.44 bits per heavy atom. The summed E-state index contributed by atoms with van der Waals surface area (Å²) in [5.41, 5.74) is 2.31. The van der Waals surface area contributed by atoms with Crippen molar-refractivity contribution in [2.45, 2.75) is 30.8 Å². The van der Waals surface area contributed by atoms with Gasteiger partial charge in [-0.1, -0.05) is 53.5 Å². The highest BCUT2D eigenvalue weighted by Gasteiger charge is 2.25. The smallest absolute Gasteiger partial charge is 0.294 e. The van der Waals surface area contributed by atoms with Crippen LogP contribution in [0.2, 0.25) is 10.0 Å². The molecule has 3 N–H and O–H groups in total. The average molecular weight is 710 g/mol. The van der Waals surface area contributed by atoms with Gasteiger partial charge in [-0.15, -0.1) is 0 Å². The number of amides is 2. The van der Waals surface area contributed by atoms with Gasteiger partial charge in [0, 0.05) is 11.4 Å². The quantitative estimate of drug-likeness (QED) is 0.0781. The van der Waals surface area contributed by atoms with Gasteiger partial charge < -0.3 is 10.6 Å². The van der Waals surface area contributed by atoms with Crippen molar-refractivity contribution >= 4 is 79.5 Å². The summed E-state index contributed by atoms with van der Waals surface area (Å²) in [6, 6.07) is 19.9. The van der Waals surface area contributed by atoms with Gasteiger partial charge in [0.15, 0.2) is 11.6 Å². The Kier molecular flexibility index (Phi) is 11.6. The molecule has 0 aliphatic rings. The summed E-state index contributed by atoms with van der Waals surface area (Å²) in [4.78, 5) is 49.2. The SMILES string of the molecule is CC(=O)C(/N=N/c1ccc(-c2ccc(/N=N/C(C(C)=O)C(=O)Nc3ccc(S(=O)(=O)O)cc3)c(Cl)c2)cc1Cl)C(=O)Nc1ccccc1. The van der Waals surface area contributed by atoms with Gasteiger partial charge >= 0.3 is 0 Å². The molecule has 4 aromatic carbocycles. The van der Waals surface area contributed by atoms with Crippen molar-refractivity contribution < 1.29 is 32.1 Å². The van der Waals surface area contributed by atoms with Crippen LogP contribution in [0.4, 0.5) is 22.7 Å². The predicted octanol–water partition coefficient (Wildman–Crippen LogP) is 7.27. The van der Waals surface area contributed by atoms with E-state index in [4.69, 9.17) is 27.8 Å². The fourth-order valence-corrected chi connectivity index (χ4v) is 4.98. The van der Waals surface area contributed by atoms with Crippen molar-refractivity contribution in [3.05, 3.63) is 101 Å². The van der Waals surface area contributed by atoms with Crippen molar-refractivity contribution in [1.82, 2.24) is 0 Å². The molecule has 0 radical (unpaired) electrons. The molecule has 48 heavy (non-hydrogen) atoms. The molecular weight excluding hydrogens is 683 g/mol. The first-order chi connectivity index (χ1) is 22.7. The lowest BCUT2D eigenvalue weighted by atomic mass is 10.0. The number of benzene rings is 4. The number of hydrogen-bond donors (Lipinski definition) is 3. The van der Waals surface area contributed by atoms with E-state index in [0.29, 0.717) is 16.8 Å². The van der Waals surface area contributed by atoms with Gasteiger partial charge in [0.1, 0.15) is 11.4 Å². The number of nitrogens with zero attached hydrogens (tertiary/aromatic N) is 4. The molecule has 0 spiro atoms. The zero-order valence-electron chi connectivity index (χ0n) is 25.2. The lowest BCUT2D eigenvalue weighted by Gasteiger charge is -2.10. The summed E-state index contributed by atoms with van der Waals surface area (Å²) in [7, 11) is -4.42. The summed E-state index contributed by atoms with van der Waals surface area (Å²) in [6.07, 6.45) is 0. The number of azo groups is 2. The molecule has 0 heterocycles. The maximum atomic E-state index is 12.7. The van der Waals surface area contributed by atoms with Crippen LogP contribution in [0.1, 0.15) is 13.8 Å². The van der Waals surface area contributed by atoms with Gasteiger partial charge in [-0.25, -0.2) is 0 Å². The van der Waals surface area contributed by atoms with Crippen molar-refractivity contribution in [3.8, 4) is 11.1 Å². The van der Waals surface area contributed by atoms with E-state index >= 15 is 0 Å². The first-order valence-corrected chi connectivity index (χ1v) is 16.1. The van der Waals surface area contributed by atoms with E-state index in [2.05, 4.69) is 31.1 Å². The first-order valence-electron chi connectivity index (χ1n) is 13.9. The number of hydrogen-bond acceptors (Lipinski definition) is 10. The van der Waals surface area contributed by atoms with E-state index in [9.17, 15) is 27.6 Å². The second-order valence-electron chi connectivity index (χ2n) is 10.1. The minimum Gasteiger partial charge on any atom is -0.324 e. The van der Waals surface area contributed by atoms with E-state index in [0.717, 1.165) is 19.1 Å². The molecule has 0 aliphatic heterocycles. The molecule has 16 heteroatoms. The predicted molar refractivity (Wildman–Crippen MR) is 180 cm³/mol. The van der Waals surface area contributed by atoms with Crippen molar-refractivity contribution in [2.75, 3.05) is 10.6 Å². The zero-order chi connectivity index (χ0) is 35.0. The maximum Gasteiger partial charge on any atom is 0.294 e. The molecule has 0 saturated carbocycles. The van der Waals surface area contributed by atoms with Gasteiger partial charge in [-0.2, -0.15) is 28.9 Å². The van der Waals surface area contributed by atoms with Gasteiger partial charge in [-0.05, 0) is 85.6 Å². The number of halogens is 2. The summed E-state index contributed by atoms with van der Waals surface area (Å²) in [6.45, 7) is 2.39. The summed E-state index contributed by atoms with van der Waals surface area (Å²) >= 11 is 12.9. The number of rotatable bonds is 12. The van der Waals surface area contributed by atoms with Crippen LogP contribution in [0, 0.1) is 0 Å². The highest BCUT2D eigenvalue weighted by Crippen LogP contribution is 2.35. The minimum atomic E-state index is -4.42. The van der Waals surface area contributed by atoms with Crippen LogP contribution in [-0.4, -0.2) is 48.4 Å². The molecule has 246 valence electrons. The first kappa shape index (κ1) is 35.7. The normalized spacial score (nSPS) is 12.9. The number of anilines is 2.